The molecule has 0 fully saturated rings. The molecule has 0 amide bonds. The first kappa shape index (κ1) is 20.0. The van der Waals surface area contributed by atoms with Crippen LogP contribution in [0.3, 0.4) is 0 Å². The highest BCUT2D eigenvalue weighted by Gasteiger charge is 2.25. The average molecular weight is 452 g/mol. The van der Waals surface area contributed by atoms with Gasteiger partial charge in [-0.15, -0.1) is 0 Å². The number of halogens is 5. The van der Waals surface area contributed by atoms with Gasteiger partial charge in [0.15, 0.2) is 9.79 Å². The molecule has 8 heteroatoms. The Morgan fingerprint density at radius 1 is 0.862 bits per heavy atom. The van der Waals surface area contributed by atoms with E-state index in [-0.39, 0.29) is 20.4 Å². The van der Waals surface area contributed by atoms with Gasteiger partial charge in [0, 0.05) is 39.3 Å². The SMILES string of the molecule is [O-][S+](c1ccc(F)c(Cl)c1)c1cnc2cc(Cl)ccc2c1-c1cc(F)cc(F)c1. The third kappa shape index (κ3) is 3.94. The summed E-state index contributed by atoms with van der Waals surface area (Å²) in [5.41, 5.74) is 0.993. The van der Waals surface area contributed by atoms with Crippen molar-refractivity contribution in [2.45, 2.75) is 9.79 Å². The molecule has 0 aliphatic carbocycles. The first-order chi connectivity index (χ1) is 13.8. The highest BCUT2D eigenvalue weighted by atomic mass is 35.5. The van der Waals surface area contributed by atoms with E-state index < -0.39 is 28.6 Å². The highest BCUT2D eigenvalue weighted by molar-refractivity contribution is 7.91. The molecular formula is C21H10Cl2F3NOS. The predicted molar refractivity (Wildman–Crippen MR) is 108 cm³/mol. The predicted octanol–water partition coefficient (Wildman–Crippen LogP) is 6.79. The highest BCUT2D eigenvalue weighted by Crippen LogP contribution is 2.38. The lowest BCUT2D eigenvalue weighted by molar-refractivity contribution is 0.583. The minimum Gasteiger partial charge on any atom is -0.606 e. The second kappa shape index (κ2) is 7.88. The molecule has 1 aromatic heterocycles. The maximum Gasteiger partial charge on any atom is 0.185 e. The van der Waals surface area contributed by atoms with E-state index in [0.29, 0.717) is 21.5 Å². The topological polar surface area (TPSA) is 36.0 Å². The van der Waals surface area contributed by atoms with Crippen molar-refractivity contribution in [1.82, 2.24) is 4.98 Å². The molecule has 0 aliphatic rings. The molecule has 1 unspecified atom stereocenters. The van der Waals surface area contributed by atoms with Crippen LogP contribution in [0, 0.1) is 17.5 Å². The van der Waals surface area contributed by atoms with E-state index in [2.05, 4.69) is 4.98 Å². The molecule has 29 heavy (non-hydrogen) atoms. The normalized spacial score (nSPS) is 12.3. The molecule has 0 radical (unpaired) electrons. The minimum absolute atomic E-state index is 0.185. The molecule has 0 saturated carbocycles. The first-order valence-electron chi connectivity index (χ1n) is 8.25. The van der Waals surface area contributed by atoms with Crippen molar-refractivity contribution < 1.29 is 17.7 Å². The Labute approximate surface area is 177 Å². The van der Waals surface area contributed by atoms with Gasteiger partial charge in [0.05, 0.1) is 16.7 Å². The average Bonchev–Trinajstić information content (AvgIpc) is 2.67. The van der Waals surface area contributed by atoms with Crippen LogP contribution in [0.15, 0.2) is 70.6 Å². The van der Waals surface area contributed by atoms with E-state index in [1.807, 2.05) is 0 Å². The zero-order valence-electron chi connectivity index (χ0n) is 14.4. The summed E-state index contributed by atoms with van der Waals surface area (Å²) < 4.78 is 54.6. The maximum absolute atomic E-state index is 13.9. The van der Waals surface area contributed by atoms with Crippen LogP contribution >= 0.6 is 23.2 Å². The second-order valence-corrected chi connectivity index (χ2v) is 8.45. The van der Waals surface area contributed by atoms with Gasteiger partial charge in [-0.25, -0.2) is 13.2 Å². The van der Waals surface area contributed by atoms with E-state index in [1.54, 1.807) is 18.2 Å². The monoisotopic (exact) mass is 451 g/mol. The Hall–Kier alpha value is -2.25. The molecular weight excluding hydrogens is 442 g/mol. The number of fused-ring (bicyclic) bond motifs is 1. The van der Waals surface area contributed by atoms with Crippen LogP contribution in [0.25, 0.3) is 22.0 Å². The smallest absolute Gasteiger partial charge is 0.185 e. The van der Waals surface area contributed by atoms with Crippen molar-refractivity contribution >= 4 is 45.3 Å². The van der Waals surface area contributed by atoms with Gasteiger partial charge in [-0.05, 0) is 42.0 Å². The number of rotatable bonds is 3. The van der Waals surface area contributed by atoms with Crippen molar-refractivity contribution in [2.75, 3.05) is 0 Å². The Kier molecular flexibility index (Phi) is 5.44. The fraction of sp³-hybridized carbons (Fsp3) is 0. The van der Waals surface area contributed by atoms with Crippen LogP contribution < -0.4 is 0 Å². The van der Waals surface area contributed by atoms with Gasteiger partial charge in [0.2, 0.25) is 0 Å². The maximum atomic E-state index is 13.9. The fourth-order valence-corrected chi connectivity index (χ4v) is 4.65. The molecule has 4 rings (SSSR count). The first-order valence-corrected chi connectivity index (χ1v) is 10.2. The minimum atomic E-state index is -1.84. The molecule has 0 spiro atoms. The van der Waals surface area contributed by atoms with E-state index in [0.717, 1.165) is 24.3 Å². The molecule has 146 valence electrons. The molecule has 0 bridgehead atoms. The van der Waals surface area contributed by atoms with E-state index in [4.69, 9.17) is 23.2 Å². The summed E-state index contributed by atoms with van der Waals surface area (Å²) in [7, 11) is 0. The largest absolute Gasteiger partial charge is 0.606 e. The van der Waals surface area contributed by atoms with Gasteiger partial charge in [-0.2, -0.15) is 0 Å². The van der Waals surface area contributed by atoms with Crippen LogP contribution in [0.4, 0.5) is 13.2 Å². The third-order valence-electron chi connectivity index (χ3n) is 4.25. The summed E-state index contributed by atoms with van der Waals surface area (Å²) in [6.45, 7) is 0. The van der Waals surface area contributed by atoms with Crippen molar-refractivity contribution in [1.29, 1.82) is 0 Å². The molecule has 4 aromatic rings. The lowest BCUT2D eigenvalue weighted by Gasteiger charge is -2.16. The number of nitrogens with zero attached hydrogens (tertiary/aromatic N) is 1. The fourth-order valence-electron chi connectivity index (χ4n) is 3.00. The lowest BCUT2D eigenvalue weighted by Crippen LogP contribution is -2.06. The summed E-state index contributed by atoms with van der Waals surface area (Å²) in [6, 6.07) is 11.6. The van der Waals surface area contributed by atoms with Gasteiger partial charge < -0.3 is 4.55 Å². The van der Waals surface area contributed by atoms with Gasteiger partial charge in [-0.3, -0.25) is 4.98 Å². The zero-order valence-corrected chi connectivity index (χ0v) is 16.8. The standard InChI is InChI=1S/C21H10Cl2F3NOS/c22-12-1-3-16-19(7-12)27-10-20(21(16)11-5-13(24)8-14(25)6-11)29(28)15-2-4-18(26)17(23)9-15/h1-10H. The van der Waals surface area contributed by atoms with Gasteiger partial charge >= 0.3 is 0 Å². The molecule has 2 nitrogen and oxygen atoms in total. The number of hydrogen-bond acceptors (Lipinski definition) is 2. The molecule has 0 N–H and O–H groups in total. The number of aromatic nitrogens is 1. The van der Waals surface area contributed by atoms with Crippen LogP contribution in [0.1, 0.15) is 0 Å². The Bertz CT molecular complexity index is 1230. The van der Waals surface area contributed by atoms with Gasteiger partial charge in [0.25, 0.3) is 0 Å². The molecule has 3 aromatic carbocycles. The Balaban J connectivity index is 2.00. The number of pyridine rings is 1. The van der Waals surface area contributed by atoms with E-state index in [1.165, 1.54) is 18.3 Å². The van der Waals surface area contributed by atoms with E-state index >= 15 is 0 Å². The van der Waals surface area contributed by atoms with Crippen molar-refractivity contribution in [3.8, 4) is 11.1 Å². The third-order valence-corrected chi connectivity index (χ3v) is 6.17. The summed E-state index contributed by atoms with van der Waals surface area (Å²) in [6.07, 6.45) is 1.35. The molecule has 0 saturated heterocycles. The summed E-state index contributed by atoms with van der Waals surface area (Å²) in [4.78, 5) is 4.72. The summed E-state index contributed by atoms with van der Waals surface area (Å²) >= 11 is 10.0. The summed E-state index contributed by atoms with van der Waals surface area (Å²) in [5.74, 6) is -2.20. The second-order valence-electron chi connectivity index (χ2n) is 6.16. The summed E-state index contributed by atoms with van der Waals surface area (Å²) in [5, 5.41) is 0.758. The number of benzene rings is 3. The number of hydrogen-bond donors (Lipinski definition) is 0. The van der Waals surface area contributed by atoms with Gasteiger partial charge in [-0.1, -0.05) is 29.3 Å². The zero-order chi connectivity index (χ0) is 20.7. The quantitative estimate of drug-likeness (QED) is 0.321. The van der Waals surface area contributed by atoms with Crippen LogP contribution in [-0.2, 0) is 11.2 Å². The van der Waals surface area contributed by atoms with Crippen molar-refractivity contribution in [3.05, 3.63) is 88.3 Å². The molecule has 1 atom stereocenters. The molecule has 1 heterocycles. The van der Waals surface area contributed by atoms with Crippen molar-refractivity contribution in [3.63, 3.8) is 0 Å². The van der Waals surface area contributed by atoms with Crippen LogP contribution in [0.5, 0.6) is 0 Å². The van der Waals surface area contributed by atoms with Crippen molar-refractivity contribution in [2.24, 2.45) is 0 Å². The Morgan fingerprint density at radius 3 is 2.28 bits per heavy atom. The Morgan fingerprint density at radius 2 is 1.59 bits per heavy atom. The van der Waals surface area contributed by atoms with E-state index in [9.17, 15) is 17.7 Å². The molecule has 0 aliphatic heterocycles. The lowest BCUT2D eigenvalue weighted by atomic mass is 10.0. The van der Waals surface area contributed by atoms with Crippen LogP contribution in [-0.4, -0.2) is 9.54 Å². The van der Waals surface area contributed by atoms with Crippen LogP contribution in [0.2, 0.25) is 10.0 Å². The van der Waals surface area contributed by atoms with Gasteiger partial charge in [0.1, 0.15) is 17.5 Å².